The maximum atomic E-state index is 14.6. The van der Waals surface area contributed by atoms with Crippen LogP contribution in [0.5, 0.6) is 0 Å². The molecule has 9 nitrogen and oxygen atoms in total. The molecule has 2 N–H and O–H groups in total. The number of unbranched alkanes of at least 4 members (excludes halogenated alkanes) is 1. The van der Waals surface area contributed by atoms with Crippen LogP contribution >= 0.6 is 11.6 Å². The molecule has 1 aliphatic carbocycles. The summed E-state index contributed by atoms with van der Waals surface area (Å²) in [6.45, 7) is 1.95. The van der Waals surface area contributed by atoms with Crippen LogP contribution in [0.3, 0.4) is 0 Å². The van der Waals surface area contributed by atoms with Gasteiger partial charge >= 0.3 is 12.1 Å². The van der Waals surface area contributed by atoms with Gasteiger partial charge in [0.1, 0.15) is 28.1 Å². The molecule has 3 heterocycles. The number of tetrazole rings is 1. The van der Waals surface area contributed by atoms with Gasteiger partial charge < -0.3 is 14.1 Å². The topological polar surface area (TPSA) is 123 Å². The van der Waals surface area contributed by atoms with Gasteiger partial charge in [-0.25, -0.2) is 9.78 Å². The summed E-state index contributed by atoms with van der Waals surface area (Å²) in [5.74, 6) is -1.12. The maximum Gasteiger partial charge on any atom is 0.420 e. The van der Waals surface area contributed by atoms with Crippen molar-refractivity contribution in [2.45, 2.75) is 50.7 Å². The van der Waals surface area contributed by atoms with Gasteiger partial charge in [0, 0.05) is 18.4 Å². The van der Waals surface area contributed by atoms with Crippen molar-refractivity contribution in [3.05, 3.63) is 81.9 Å². The van der Waals surface area contributed by atoms with Crippen LogP contribution in [0.25, 0.3) is 11.0 Å². The molecule has 0 fully saturated rings. The highest BCUT2D eigenvalue weighted by Gasteiger charge is 2.48. The number of aromatic nitrogens is 6. The molecule has 0 saturated carbocycles. The van der Waals surface area contributed by atoms with E-state index in [1.165, 1.54) is 16.7 Å². The van der Waals surface area contributed by atoms with E-state index in [-0.39, 0.29) is 46.4 Å². The number of nitrogens with zero attached hydrogens (tertiary/aromatic N) is 5. The molecule has 1 atom stereocenters. The van der Waals surface area contributed by atoms with Crippen molar-refractivity contribution >= 4 is 28.5 Å². The average Bonchev–Trinajstić information content (AvgIpc) is 3.61. The Bertz CT molecular complexity index is 1550. The molecule has 1 unspecified atom stereocenters. The standard InChI is InChI=1S/C25H22ClF3N6O3/c1-2-3-7-17-30-21(26)19(22(36)37)35(17)13-14-8-9-16-15(12-14)18(25(27,28)29)20(38-16)24(10-5-4-6-11-24)23-31-33-34-32-23/h4-6,8-10,12H,2-3,7,11,13H2,1H3,(H,36,37)(H,31,32,33,34). The first kappa shape index (κ1) is 25.7. The largest absolute Gasteiger partial charge is 0.476 e. The third-order valence-corrected chi connectivity index (χ3v) is 6.82. The van der Waals surface area contributed by atoms with Gasteiger partial charge in [-0.2, -0.15) is 18.4 Å². The number of furan rings is 1. The molecular weight excluding hydrogens is 525 g/mol. The number of carboxylic acids is 1. The van der Waals surface area contributed by atoms with Gasteiger partial charge in [0.05, 0.1) is 0 Å². The van der Waals surface area contributed by atoms with Gasteiger partial charge in [-0.15, -0.1) is 10.2 Å². The van der Waals surface area contributed by atoms with Crippen molar-refractivity contribution in [3.63, 3.8) is 0 Å². The Morgan fingerprint density at radius 2 is 2.13 bits per heavy atom. The van der Waals surface area contributed by atoms with Gasteiger partial charge in [-0.3, -0.25) is 0 Å². The lowest BCUT2D eigenvalue weighted by Gasteiger charge is -2.27. The molecule has 5 rings (SSSR count). The Morgan fingerprint density at radius 1 is 1.32 bits per heavy atom. The summed E-state index contributed by atoms with van der Waals surface area (Å²) in [6.07, 6.45) is 4.04. The molecule has 0 spiro atoms. The van der Waals surface area contributed by atoms with E-state index in [4.69, 9.17) is 16.0 Å². The third-order valence-electron chi connectivity index (χ3n) is 6.55. The first-order chi connectivity index (χ1) is 18.2. The molecule has 0 amide bonds. The molecule has 1 aliphatic rings. The normalized spacial score (nSPS) is 17.5. The van der Waals surface area contributed by atoms with E-state index >= 15 is 0 Å². The number of allylic oxidation sites excluding steroid dienone is 4. The van der Waals surface area contributed by atoms with E-state index in [9.17, 15) is 23.1 Å². The van der Waals surface area contributed by atoms with Gasteiger partial charge in [-0.05, 0) is 30.5 Å². The number of aryl methyl sites for hydroxylation is 1. The molecule has 1 aromatic carbocycles. The Kier molecular flexibility index (Phi) is 6.59. The van der Waals surface area contributed by atoms with E-state index in [1.807, 2.05) is 6.92 Å². The lowest BCUT2D eigenvalue weighted by molar-refractivity contribution is -0.138. The number of H-pyrrole nitrogens is 1. The average molecular weight is 547 g/mol. The summed E-state index contributed by atoms with van der Waals surface area (Å²) in [4.78, 5) is 16.1. The summed E-state index contributed by atoms with van der Waals surface area (Å²) in [5.41, 5.74) is -2.13. The predicted octanol–water partition coefficient (Wildman–Crippen LogP) is 5.71. The summed E-state index contributed by atoms with van der Waals surface area (Å²) in [6, 6.07) is 4.40. The lowest BCUT2D eigenvalue weighted by Crippen LogP contribution is -2.29. The second-order valence-corrected chi connectivity index (χ2v) is 9.35. The Balaban J connectivity index is 1.67. The van der Waals surface area contributed by atoms with Crippen molar-refractivity contribution in [2.75, 3.05) is 0 Å². The lowest BCUT2D eigenvalue weighted by atomic mass is 9.76. The minimum atomic E-state index is -4.78. The number of aromatic carboxylic acids is 1. The number of benzene rings is 1. The Morgan fingerprint density at radius 3 is 2.76 bits per heavy atom. The van der Waals surface area contributed by atoms with Crippen molar-refractivity contribution in [1.29, 1.82) is 0 Å². The summed E-state index contributed by atoms with van der Waals surface area (Å²) < 4.78 is 51.2. The van der Waals surface area contributed by atoms with Crippen LogP contribution in [-0.2, 0) is 24.6 Å². The highest BCUT2D eigenvalue weighted by molar-refractivity contribution is 6.32. The number of carbonyl (C=O) groups is 1. The fourth-order valence-electron chi connectivity index (χ4n) is 4.79. The van der Waals surface area contributed by atoms with Crippen LogP contribution < -0.4 is 0 Å². The highest BCUT2D eigenvalue weighted by Crippen LogP contribution is 2.48. The molecule has 0 bridgehead atoms. The molecule has 0 saturated heterocycles. The molecule has 0 aliphatic heterocycles. The third kappa shape index (κ3) is 4.38. The minimum absolute atomic E-state index is 0.0234. The number of rotatable bonds is 8. The second kappa shape index (κ2) is 9.75. The zero-order valence-electron chi connectivity index (χ0n) is 20.1. The fraction of sp³-hybridized carbons (Fsp3) is 0.320. The number of hydrogen-bond acceptors (Lipinski definition) is 6. The highest BCUT2D eigenvalue weighted by atomic mass is 35.5. The first-order valence-electron chi connectivity index (χ1n) is 11.8. The van der Waals surface area contributed by atoms with Crippen LogP contribution in [0.2, 0.25) is 5.15 Å². The van der Waals surface area contributed by atoms with E-state index in [1.54, 1.807) is 30.4 Å². The second-order valence-electron chi connectivity index (χ2n) is 8.99. The monoisotopic (exact) mass is 546 g/mol. The smallest absolute Gasteiger partial charge is 0.420 e. The summed E-state index contributed by atoms with van der Waals surface area (Å²) in [5, 5.41) is 23.2. The van der Waals surface area contributed by atoms with Crippen LogP contribution in [0.4, 0.5) is 13.2 Å². The zero-order valence-corrected chi connectivity index (χ0v) is 20.8. The van der Waals surface area contributed by atoms with Gasteiger partial charge in [0.2, 0.25) is 0 Å². The fourth-order valence-corrected chi connectivity index (χ4v) is 5.08. The number of nitrogens with one attached hydrogen (secondary N) is 1. The predicted molar refractivity (Wildman–Crippen MR) is 131 cm³/mol. The molecule has 4 aromatic rings. The van der Waals surface area contributed by atoms with Crippen LogP contribution in [0, 0.1) is 0 Å². The number of alkyl halides is 3. The quantitative estimate of drug-likeness (QED) is 0.290. The van der Waals surface area contributed by atoms with Crippen molar-refractivity contribution in [3.8, 4) is 0 Å². The van der Waals surface area contributed by atoms with Crippen molar-refractivity contribution < 1.29 is 27.5 Å². The number of aromatic amines is 1. The molecule has 0 radical (unpaired) electrons. The van der Waals surface area contributed by atoms with E-state index in [0.29, 0.717) is 17.8 Å². The van der Waals surface area contributed by atoms with Gasteiger partial charge in [0.15, 0.2) is 16.7 Å². The van der Waals surface area contributed by atoms with E-state index in [2.05, 4.69) is 25.6 Å². The Hall–Kier alpha value is -3.93. The number of hydrogen-bond donors (Lipinski definition) is 2. The number of fused-ring (bicyclic) bond motifs is 1. The van der Waals surface area contributed by atoms with Crippen LogP contribution in [0.1, 0.15) is 65.2 Å². The van der Waals surface area contributed by atoms with Crippen molar-refractivity contribution in [2.24, 2.45) is 0 Å². The molecular formula is C25H22ClF3N6O3. The molecule has 13 heteroatoms. The summed E-state index contributed by atoms with van der Waals surface area (Å²) >= 11 is 6.12. The summed E-state index contributed by atoms with van der Waals surface area (Å²) in [7, 11) is 0. The van der Waals surface area contributed by atoms with E-state index < -0.39 is 23.1 Å². The Labute approximate surface area is 219 Å². The van der Waals surface area contributed by atoms with Crippen molar-refractivity contribution in [1.82, 2.24) is 30.2 Å². The van der Waals surface area contributed by atoms with Gasteiger partial charge in [-0.1, -0.05) is 60.5 Å². The van der Waals surface area contributed by atoms with E-state index in [0.717, 1.165) is 12.8 Å². The minimum Gasteiger partial charge on any atom is -0.476 e. The molecule has 38 heavy (non-hydrogen) atoms. The number of imidazole rings is 1. The number of halogens is 4. The SMILES string of the molecule is CCCCc1nc(Cl)c(C(=O)O)n1Cc1ccc2oc(C3(c4nn[nH]n4)C=CC=CC3)c(C(F)(F)F)c2c1. The van der Waals surface area contributed by atoms with Gasteiger partial charge in [0.25, 0.3) is 0 Å². The number of carboxylic acid groups (broad SMARTS) is 1. The van der Waals surface area contributed by atoms with Crippen LogP contribution in [-0.4, -0.2) is 41.3 Å². The maximum absolute atomic E-state index is 14.6. The first-order valence-corrected chi connectivity index (χ1v) is 12.2. The van der Waals surface area contributed by atoms with Crippen LogP contribution in [0.15, 0.2) is 46.9 Å². The zero-order chi connectivity index (χ0) is 27.1. The molecule has 3 aromatic heterocycles. The molecule has 198 valence electrons.